The molecule has 2 amide bonds. The number of benzene rings is 2. The maximum absolute atomic E-state index is 13.6. The molecule has 10 heteroatoms. The van der Waals surface area contributed by atoms with Gasteiger partial charge in [-0.25, -0.2) is 9.98 Å². The number of likely N-dealkylation sites (tertiary alicyclic amines) is 1. The number of nitrogens with one attached hydrogen (secondary N) is 1. The normalized spacial score (nSPS) is 17.4. The monoisotopic (exact) mass is 514 g/mol. The molecular formula is C27H23ClN6O3. The van der Waals surface area contributed by atoms with Gasteiger partial charge in [0, 0.05) is 29.7 Å². The highest BCUT2D eigenvalue weighted by Gasteiger charge is 2.39. The van der Waals surface area contributed by atoms with Gasteiger partial charge in [0.1, 0.15) is 23.6 Å². The molecule has 1 aromatic heterocycles. The molecule has 9 nitrogen and oxygen atoms in total. The number of aromatic nitrogens is 1. The number of halogens is 1. The molecule has 3 aromatic rings. The van der Waals surface area contributed by atoms with Crippen molar-refractivity contribution in [2.24, 2.45) is 4.99 Å². The number of nitrogens with zero attached hydrogens (tertiary/aromatic N) is 5. The van der Waals surface area contributed by atoms with Crippen molar-refractivity contribution >= 4 is 35.1 Å². The fraction of sp³-hybridized carbons (Fsp3) is 0.222. The van der Waals surface area contributed by atoms with E-state index in [-0.39, 0.29) is 30.6 Å². The van der Waals surface area contributed by atoms with Gasteiger partial charge in [-0.1, -0.05) is 29.8 Å². The van der Waals surface area contributed by atoms with Gasteiger partial charge < -0.3 is 15.0 Å². The molecule has 1 fully saturated rings. The Balaban J connectivity index is 1.35. The number of amides is 2. The van der Waals surface area contributed by atoms with E-state index in [4.69, 9.17) is 21.6 Å². The van der Waals surface area contributed by atoms with Crippen LogP contribution in [-0.2, 0) is 16.1 Å². The number of pyridine rings is 1. The second kappa shape index (κ2) is 10.7. The largest absolute Gasteiger partial charge is 0.439 e. The molecule has 186 valence electrons. The molecule has 0 bridgehead atoms. The van der Waals surface area contributed by atoms with Gasteiger partial charge in [-0.15, -0.1) is 0 Å². The lowest BCUT2D eigenvalue weighted by atomic mass is 10.1. The number of hydrogen-bond donors (Lipinski definition) is 1. The highest BCUT2D eigenvalue weighted by Crippen LogP contribution is 2.24. The van der Waals surface area contributed by atoms with Gasteiger partial charge in [-0.2, -0.15) is 5.26 Å². The van der Waals surface area contributed by atoms with Crippen molar-refractivity contribution in [3.63, 3.8) is 0 Å². The molecule has 2 aliphatic rings. The second-order valence-corrected chi connectivity index (χ2v) is 9.08. The van der Waals surface area contributed by atoms with Crippen molar-refractivity contribution in [3.8, 4) is 17.7 Å². The Morgan fingerprint density at radius 3 is 2.57 bits per heavy atom. The lowest BCUT2D eigenvalue weighted by molar-refractivity contribution is -0.141. The lowest BCUT2D eigenvalue weighted by Gasteiger charge is -2.36. The summed E-state index contributed by atoms with van der Waals surface area (Å²) < 4.78 is 5.74. The van der Waals surface area contributed by atoms with Crippen molar-refractivity contribution in [1.29, 1.82) is 5.26 Å². The molecule has 0 saturated carbocycles. The quantitative estimate of drug-likeness (QED) is 0.527. The minimum absolute atomic E-state index is 0.0122. The smallest absolute Gasteiger partial charge is 0.254 e. The van der Waals surface area contributed by atoms with Crippen LogP contribution in [0.25, 0.3) is 0 Å². The summed E-state index contributed by atoms with van der Waals surface area (Å²) in [5.74, 6) is 1.08. The summed E-state index contributed by atoms with van der Waals surface area (Å²) in [6, 6.07) is 20.7. The Hall–Kier alpha value is -4.42. The topological polar surface area (TPSA) is 111 Å². The first-order valence-corrected chi connectivity index (χ1v) is 12.2. The highest BCUT2D eigenvalue weighted by molar-refractivity contribution is 6.30. The van der Waals surface area contributed by atoms with Crippen LogP contribution in [0.3, 0.4) is 0 Å². The van der Waals surface area contributed by atoms with Crippen molar-refractivity contribution in [3.05, 3.63) is 83.0 Å². The summed E-state index contributed by atoms with van der Waals surface area (Å²) in [6.07, 6.45) is 1.21. The van der Waals surface area contributed by atoms with Gasteiger partial charge in [0.25, 0.3) is 5.91 Å². The number of hydrogen-bond acceptors (Lipinski definition) is 7. The lowest BCUT2D eigenvalue weighted by Crippen LogP contribution is -2.56. The summed E-state index contributed by atoms with van der Waals surface area (Å²) in [4.78, 5) is 37.9. The van der Waals surface area contributed by atoms with E-state index in [0.29, 0.717) is 41.3 Å². The van der Waals surface area contributed by atoms with Gasteiger partial charge in [0.15, 0.2) is 0 Å². The summed E-state index contributed by atoms with van der Waals surface area (Å²) >= 11 is 6.03. The van der Waals surface area contributed by atoms with Crippen LogP contribution >= 0.6 is 11.6 Å². The van der Waals surface area contributed by atoms with Crippen molar-refractivity contribution in [2.45, 2.75) is 25.4 Å². The van der Waals surface area contributed by atoms with Gasteiger partial charge in [-0.3, -0.25) is 14.5 Å². The Morgan fingerprint density at radius 1 is 1.08 bits per heavy atom. The van der Waals surface area contributed by atoms with E-state index in [2.05, 4.69) is 15.3 Å². The number of carbonyl (C=O) groups is 2. The maximum Gasteiger partial charge on any atom is 0.254 e. The summed E-state index contributed by atoms with van der Waals surface area (Å²) in [5.41, 5.74) is 1.86. The molecule has 1 N–H and O–H groups in total. The second-order valence-electron chi connectivity index (χ2n) is 8.65. The Labute approximate surface area is 219 Å². The molecule has 2 aliphatic heterocycles. The molecule has 1 atom stereocenters. The Morgan fingerprint density at radius 2 is 1.86 bits per heavy atom. The number of anilines is 1. The van der Waals surface area contributed by atoms with E-state index in [9.17, 15) is 9.59 Å². The van der Waals surface area contributed by atoms with Gasteiger partial charge in [0.05, 0.1) is 13.1 Å². The molecule has 0 aliphatic carbocycles. The fourth-order valence-corrected chi connectivity index (χ4v) is 4.40. The third-order valence-electron chi connectivity index (χ3n) is 6.13. The molecule has 5 rings (SSSR count). The molecular weight excluding hydrogens is 492 g/mol. The number of rotatable bonds is 6. The van der Waals surface area contributed by atoms with Crippen LogP contribution in [0, 0.1) is 11.3 Å². The van der Waals surface area contributed by atoms with Crippen LogP contribution in [-0.4, -0.2) is 51.7 Å². The van der Waals surface area contributed by atoms with Gasteiger partial charge >= 0.3 is 0 Å². The van der Waals surface area contributed by atoms with Crippen LogP contribution in [0.1, 0.15) is 24.1 Å². The summed E-state index contributed by atoms with van der Waals surface area (Å²) in [5, 5.41) is 12.9. The van der Waals surface area contributed by atoms with Crippen LogP contribution < -0.4 is 10.1 Å². The van der Waals surface area contributed by atoms with Crippen LogP contribution in [0.2, 0.25) is 5.02 Å². The average Bonchev–Trinajstić information content (AvgIpc) is 3.34. The first kappa shape index (κ1) is 24.3. The van der Waals surface area contributed by atoms with Crippen molar-refractivity contribution in [1.82, 2.24) is 14.8 Å². The first-order valence-electron chi connectivity index (χ1n) is 11.8. The van der Waals surface area contributed by atoms with E-state index in [1.807, 2.05) is 18.2 Å². The number of nitriles is 1. The van der Waals surface area contributed by atoms with E-state index >= 15 is 0 Å². The minimum Gasteiger partial charge on any atom is -0.439 e. The summed E-state index contributed by atoms with van der Waals surface area (Å²) in [6.45, 7) is 1.05. The Bertz CT molecular complexity index is 1380. The van der Waals surface area contributed by atoms with Crippen LogP contribution in [0.5, 0.6) is 11.6 Å². The summed E-state index contributed by atoms with van der Waals surface area (Å²) in [7, 11) is 0. The zero-order valence-corrected chi connectivity index (χ0v) is 20.6. The number of carbonyl (C=O) groups excluding carboxylic acids is 2. The Kier molecular flexibility index (Phi) is 7.01. The molecule has 1 saturated heterocycles. The number of ether oxygens (including phenoxy) is 1. The van der Waals surface area contributed by atoms with Crippen LogP contribution in [0.4, 0.5) is 5.69 Å². The SMILES string of the molecule is N#Cc1cccc(Oc2ccc(NC3=NCC(N4CCCC4=O)C(=O)N3Cc3ccc(Cl)cc3)cc2)n1. The zero-order valence-electron chi connectivity index (χ0n) is 19.8. The zero-order chi connectivity index (χ0) is 25.8. The van der Waals surface area contributed by atoms with E-state index in [1.165, 1.54) is 0 Å². The molecule has 3 heterocycles. The standard InChI is InChI=1S/C27H23ClN6O3/c28-19-8-6-18(7-9-19)17-34-26(36)23(33-14-2-5-25(33)35)16-30-27(34)32-20-10-12-22(13-11-20)37-24-4-1-3-21(15-29)31-24/h1,3-4,6-13,23H,2,5,14,16-17H2,(H,30,32). The van der Waals surface area contributed by atoms with E-state index in [1.54, 1.807) is 64.4 Å². The highest BCUT2D eigenvalue weighted by atomic mass is 35.5. The van der Waals surface area contributed by atoms with Gasteiger partial charge in [-0.05, 0) is 54.4 Å². The van der Waals surface area contributed by atoms with Crippen molar-refractivity contribution in [2.75, 3.05) is 18.4 Å². The third kappa shape index (κ3) is 5.55. The van der Waals surface area contributed by atoms with E-state index < -0.39 is 6.04 Å². The molecule has 37 heavy (non-hydrogen) atoms. The maximum atomic E-state index is 13.6. The van der Waals surface area contributed by atoms with Crippen LogP contribution in [0.15, 0.2) is 71.7 Å². The molecule has 2 aromatic carbocycles. The number of aliphatic imine (C=N–C) groups is 1. The molecule has 1 unspecified atom stereocenters. The number of guanidine groups is 1. The first-order chi connectivity index (χ1) is 18.0. The third-order valence-corrected chi connectivity index (χ3v) is 6.38. The van der Waals surface area contributed by atoms with Crippen molar-refractivity contribution < 1.29 is 14.3 Å². The van der Waals surface area contributed by atoms with E-state index in [0.717, 1.165) is 12.0 Å². The minimum atomic E-state index is -0.611. The molecule has 0 radical (unpaired) electrons. The predicted molar refractivity (Wildman–Crippen MR) is 138 cm³/mol. The molecule has 0 spiro atoms. The van der Waals surface area contributed by atoms with Gasteiger partial charge in [0.2, 0.25) is 17.7 Å². The predicted octanol–water partition coefficient (Wildman–Crippen LogP) is 4.20. The fourth-order valence-electron chi connectivity index (χ4n) is 4.27. The average molecular weight is 515 g/mol.